The number of benzene rings is 1. The van der Waals surface area contributed by atoms with Gasteiger partial charge in [-0.05, 0) is 13.0 Å². The molecule has 1 aliphatic carbocycles. The number of nitriles is 1. The Morgan fingerprint density at radius 2 is 1.95 bits per heavy atom. The Morgan fingerprint density at radius 1 is 1.30 bits per heavy atom. The van der Waals surface area contributed by atoms with Gasteiger partial charge in [-0.3, -0.25) is 14.4 Å². The van der Waals surface area contributed by atoms with Crippen LogP contribution in [0.5, 0.6) is 0 Å². The fraction of sp³-hybridized carbons (Fsp3) is 0.200. The largest absolute Gasteiger partial charge is 0.465 e. The Bertz CT molecular complexity index is 667. The van der Waals surface area contributed by atoms with Crippen LogP contribution in [0, 0.1) is 17.2 Å². The number of hydrogen-bond acceptors (Lipinski definition) is 5. The molecule has 0 aliphatic heterocycles. The number of carbonyl (C=O) groups is 3. The van der Waals surface area contributed by atoms with Gasteiger partial charge in [-0.2, -0.15) is 5.26 Å². The van der Waals surface area contributed by atoms with Gasteiger partial charge in [0.2, 0.25) is 0 Å². The first-order valence-electron chi connectivity index (χ1n) is 6.06. The average molecular weight is 269 g/mol. The molecule has 100 valence electrons. The van der Waals surface area contributed by atoms with E-state index in [-0.39, 0.29) is 29.1 Å². The summed E-state index contributed by atoms with van der Waals surface area (Å²) in [6.07, 6.45) is 1.05. The van der Waals surface area contributed by atoms with Gasteiger partial charge in [0, 0.05) is 16.7 Å². The summed E-state index contributed by atoms with van der Waals surface area (Å²) in [5, 5.41) is 9.07. The highest BCUT2D eigenvalue weighted by Crippen LogP contribution is 2.26. The molecular weight excluding hydrogens is 258 g/mol. The zero-order chi connectivity index (χ0) is 14.7. The van der Waals surface area contributed by atoms with Crippen LogP contribution < -0.4 is 0 Å². The number of ether oxygens (including phenoxy) is 1. The molecule has 0 heterocycles. The zero-order valence-electron chi connectivity index (χ0n) is 10.8. The molecule has 5 heteroatoms. The number of Topliss-reactive ketones (excluding diaryl/α,β-unsaturated/α-hetero) is 1. The third-order valence-corrected chi connectivity index (χ3v) is 2.95. The Morgan fingerprint density at radius 3 is 2.55 bits per heavy atom. The van der Waals surface area contributed by atoms with Crippen molar-refractivity contribution < 1.29 is 19.1 Å². The molecule has 0 N–H and O–H groups in total. The van der Waals surface area contributed by atoms with Gasteiger partial charge in [0.25, 0.3) is 0 Å². The van der Waals surface area contributed by atoms with Crippen LogP contribution >= 0.6 is 0 Å². The Hall–Kier alpha value is -2.74. The number of allylic oxidation sites excluding steroid dienone is 1. The number of fused-ring (bicyclic) bond motifs is 1. The van der Waals surface area contributed by atoms with E-state index in [4.69, 9.17) is 10.00 Å². The lowest BCUT2D eigenvalue weighted by Gasteiger charge is -2.17. The van der Waals surface area contributed by atoms with E-state index in [9.17, 15) is 14.4 Å². The first kappa shape index (κ1) is 13.7. The van der Waals surface area contributed by atoms with Crippen molar-refractivity contribution in [1.29, 1.82) is 5.26 Å². The van der Waals surface area contributed by atoms with E-state index in [0.29, 0.717) is 0 Å². The highest BCUT2D eigenvalue weighted by molar-refractivity contribution is 6.26. The van der Waals surface area contributed by atoms with Crippen molar-refractivity contribution in [2.24, 2.45) is 5.92 Å². The summed E-state index contributed by atoms with van der Waals surface area (Å²) < 4.78 is 4.75. The summed E-state index contributed by atoms with van der Waals surface area (Å²) >= 11 is 0. The fourth-order valence-electron chi connectivity index (χ4n) is 2.03. The van der Waals surface area contributed by atoms with Crippen LogP contribution in [0.25, 0.3) is 0 Å². The molecule has 1 aromatic carbocycles. The molecule has 1 unspecified atom stereocenters. The molecular formula is C15H11NO4. The molecule has 0 aromatic heterocycles. The molecule has 0 fully saturated rings. The van der Waals surface area contributed by atoms with Crippen molar-refractivity contribution in [1.82, 2.24) is 0 Å². The van der Waals surface area contributed by atoms with E-state index in [0.717, 1.165) is 6.08 Å². The summed E-state index contributed by atoms with van der Waals surface area (Å²) in [5.41, 5.74) is 0.357. The van der Waals surface area contributed by atoms with E-state index in [1.165, 1.54) is 12.1 Å². The molecule has 20 heavy (non-hydrogen) atoms. The second-order valence-corrected chi connectivity index (χ2v) is 4.15. The molecule has 0 amide bonds. The van der Waals surface area contributed by atoms with Crippen LogP contribution in [0.3, 0.4) is 0 Å². The van der Waals surface area contributed by atoms with Gasteiger partial charge in [0.15, 0.2) is 17.5 Å². The second kappa shape index (κ2) is 5.49. The lowest BCUT2D eigenvalue weighted by molar-refractivity contribution is -0.144. The maximum Gasteiger partial charge on any atom is 0.328 e. The van der Waals surface area contributed by atoms with Crippen molar-refractivity contribution in [3.63, 3.8) is 0 Å². The van der Waals surface area contributed by atoms with Crippen molar-refractivity contribution >= 4 is 17.5 Å². The quantitative estimate of drug-likeness (QED) is 0.779. The van der Waals surface area contributed by atoms with Crippen molar-refractivity contribution in [3.8, 4) is 6.07 Å². The van der Waals surface area contributed by atoms with Gasteiger partial charge in [0.1, 0.15) is 0 Å². The molecule has 0 saturated heterocycles. The summed E-state index contributed by atoms with van der Waals surface area (Å²) in [6, 6.07) is 8.03. The number of rotatable bonds is 3. The first-order chi connectivity index (χ1) is 9.60. The Balaban J connectivity index is 2.45. The molecule has 0 saturated carbocycles. The minimum Gasteiger partial charge on any atom is -0.465 e. The van der Waals surface area contributed by atoms with E-state index < -0.39 is 17.7 Å². The number of esters is 1. The maximum absolute atomic E-state index is 12.3. The van der Waals surface area contributed by atoms with Gasteiger partial charge in [-0.25, -0.2) is 0 Å². The van der Waals surface area contributed by atoms with Crippen LogP contribution in [0.4, 0.5) is 0 Å². The summed E-state index contributed by atoms with van der Waals surface area (Å²) in [6.45, 7) is 1.70. The smallest absolute Gasteiger partial charge is 0.328 e. The molecule has 1 atom stereocenters. The summed E-state index contributed by atoms with van der Waals surface area (Å²) in [4.78, 5) is 35.9. The minimum absolute atomic E-state index is 0.100. The minimum atomic E-state index is -1.38. The van der Waals surface area contributed by atoms with E-state index in [1.54, 1.807) is 25.1 Å². The monoisotopic (exact) mass is 269 g/mol. The summed E-state index contributed by atoms with van der Waals surface area (Å²) in [5.74, 6) is -3.07. The van der Waals surface area contributed by atoms with Gasteiger partial charge >= 0.3 is 5.97 Å². The van der Waals surface area contributed by atoms with Crippen LogP contribution in [0.15, 0.2) is 35.9 Å². The van der Waals surface area contributed by atoms with Crippen LogP contribution in [-0.2, 0) is 9.53 Å². The molecule has 0 spiro atoms. The first-order valence-corrected chi connectivity index (χ1v) is 6.06. The number of carbonyl (C=O) groups excluding carboxylic acids is 3. The van der Waals surface area contributed by atoms with Gasteiger partial charge in [-0.15, -0.1) is 0 Å². The maximum atomic E-state index is 12.3. The van der Waals surface area contributed by atoms with E-state index in [2.05, 4.69) is 0 Å². The van der Waals surface area contributed by atoms with E-state index >= 15 is 0 Å². The van der Waals surface area contributed by atoms with Crippen molar-refractivity contribution in [2.45, 2.75) is 6.92 Å². The third-order valence-electron chi connectivity index (χ3n) is 2.95. The molecule has 2 rings (SSSR count). The third kappa shape index (κ3) is 2.24. The molecule has 0 bridgehead atoms. The highest BCUT2D eigenvalue weighted by Gasteiger charge is 2.34. The zero-order valence-corrected chi connectivity index (χ0v) is 10.8. The van der Waals surface area contributed by atoms with Crippen molar-refractivity contribution in [2.75, 3.05) is 6.61 Å². The highest BCUT2D eigenvalue weighted by atomic mass is 16.5. The van der Waals surface area contributed by atoms with Crippen LogP contribution in [0.2, 0.25) is 0 Å². The second-order valence-electron chi connectivity index (χ2n) is 4.15. The van der Waals surface area contributed by atoms with E-state index in [1.807, 2.05) is 0 Å². The SMILES string of the molecule is CCOC(=O)C(C#N)C1=CC(=O)c2ccccc2C1=O. The van der Waals surface area contributed by atoms with Crippen LogP contribution in [-0.4, -0.2) is 24.1 Å². The number of ketones is 2. The van der Waals surface area contributed by atoms with Gasteiger partial charge in [-0.1, -0.05) is 24.3 Å². The summed E-state index contributed by atoms with van der Waals surface area (Å²) in [7, 11) is 0. The average Bonchev–Trinajstić information content (AvgIpc) is 2.45. The van der Waals surface area contributed by atoms with Crippen LogP contribution in [0.1, 0.15) is 27.6 Å². The lowest BCUT2D eigenvalue weighted by Crippen LogP contribution is -2.27. The topological polar surface area (TPSA) is 84.2 Å². The molecule has 1 aliphatic rings. The van der Waals surface area contributed by atoms with Gasteiger partial charge < -0.3 is 4.74 Å². The predicted molar refractivity (Wildman–Crippen MR) is 68.9 cm³/mol. The van der Waals surface area contributed by atoms with Gasteiger partial charge in [0.05, 0.1) is 12.7 Å². The fourth-order valence-corrected chi connectivity index (χ4v) is 2.03. The normalized spacial score (nSPS) is 14.9. The standard InChI is InChI=1S/C15H11NO4/c1-2-20-15(19)12(8-16)11-7-13(17)9-5-3-4-6-10(9)14(11)18/h3-7,12H,2H2,1H3. The Kier molecular flexibility index (Phi) is 3.76. The molecule has 1 aromatic rings. The predicted octanol–water partition coefficient (Wildman–Crippen LogP) is 1.69. The lowest BCUT2D eigenvalue weighted by atomic mass is 9.84. The number of nitrogens with zero attached hydrogens (tertiary/aromatic N) is 1. The Labute approximate surface area is 115 Å². The molecule has 5 nitrogen and oxygen atoms in total. The number of hydrogen-bond donors (Lipinski definition) is 0. The van der Waals surface area contributed by atoms with Crippen molar-refractivity contribution in [3.05, 3.63) is 47.0 Å². The molecule has 0 radical (unpaired) electrons.